The minimum Gasteiger partial charge on any atom is -0.358 e. The third-order valence-electron chi connectivity index (χ3n) is 3.85. The smallest absolute Gasteiger partial charge is 0.358 e. The fraction of sp³-hybridized carbons (Fsp3) is 0.500. The average Bonchev–Trinajstić information content (AvgIpc) is 2.23. The molecule has 0 bridgehead atoms. The van der Waals surface area contributed by atoms with Crippen molar-refractivity contribution in [2.24, 2.45) is 0 Å². The Morgan fingerprint density at radius 2 is 1.81 bits per heavy atom. The standard InChI is InChI=1S/C13H18N.CH3.Y/c1-9-10(2)14(4)11(3)13-8-6-5-7-12(9)13;;/h5,7-11H,1-4H3;1H3;/q2*-1;+3. The van der Waals surface area contributed by atoms with Gasteiger partial charge in [-0.3, -0.25) is 0 Å². The Hall–Kier alpha value is 0.284. The molecule has 1 aromatic carbocycles. The topological polar surface area (TPSA) is 3.24 Å². The normalized spacial score (nSPS) is 28.6. The molecule has 2 rings (SSSR count). The van der Waals surface area contributed by atoms with E-state index in [1.807, 2.05) is 6.07 Å². The molecule has 1 aliphatic heterocycles. The van der Waals surface area contributed by atoms with E-state index in [2.05, 4.69) is 50.9 Å². The first-order valence-corrected chi connectivity index (χ1v) is 5.34. The number of hydrogen-bond acceptors (Lipinski definition) is 1. The molecule has 1 nitrogen and oxygen atoms in total. The van der Waals surface area contributed by atoms with Crippen molar-refractivity contribution in [3.05, 3.63) is 42.8 Å². The SMILES string of the molecule is CC1c2cc[c-]cc2C(C)N(C)C1C.[CH3-].[Y+3]. The summed E-state index contributed by atoms with van der Waals surface area (Å²) in [5.74, 6) is 0.626. The van der Waals surface area contributed by atoms with Crippen molar-refractivity contribution in [3.8, 4) is 0 Å². The molecule has 0 radical (unpaired) electrons. The zero-order valence-corrected chi connectivity index (χ0v) is 13.8. The van der Waals surface area contributed by atoms with Gasteiger partial charge in [-0.05, 0) is 25.9 Å². The van der Waals surface area contributed by atoms with Crippen LogP contribution in [-0.4, -0.2) is 18.0 Å². The maximum atomic E-state index is 3.18. The van der Waals surface area contributed by atoms with Crippen LogP contribution in [0, 0.1) is 13.5 Å². The van der Waals surface area contributed by atoms with E-state index in [1.165, 1.54) is 11.1 Å². The largest absolute Gasteiger partial charge is 3.00 e. The number of likely N-dealkylation sites (N-methyl/N-ethyl adjacent to an activating group) is 1. The van der Waals surface area contributed by atoms with Crippen molar-refractivity contribution in [2.45, 2.75) is 38.8 Å². The van der Waals surface area contributed by atoms with Gasteiger partial charge in [-0.1, -0.05) is 13.8 Å². The van der Waals surface area contributed by atoms with Crippen LogP contribution in [-0.2, 0) is 32.7 Å². The molecule has 0 aliphatic carbocycles. The molecule has 0 saturated carbocycles. The number of hydrogen-bond donors (Lipinski definition) is 0. The van der Waals surface area contributed by atoms with Crippen molar-refractivity contribution >= 4 is 0 Å². The van der Waals surface area contributed by atoms with E-state index in [0.29, 0.717) is 18.0 Å². The van der Waals surface area contributed by atoms with Crippen LogP contribution in [0.15, 0.2) is 18.2 Å². The number of benzene rings is 1. The van der Waals surface area contributed by atoms with Crippen LogP contribution in [0.1, 0.15) is 43.9 Å². The number of rotatable bonds is 0. The van der Waals surface area contributed by atoms with Gasteiger partial charge in [-0.2, -0.15) is 24.3 Å². The predicted octanol–water partition coefficient (Wildman–Crippen LogP) is 3.43. The van der Waals surface area contributed by atoms with E-state index in [4.69, 9.17) is 0 Å². The zero-order valence-electron chi connectivity index (χ0n) is 11.0. The first-order chi connectivity index (χ1) is 6.63. The van der Waals surface area contributed by atoms with Gasteiger partial charge in [0.1, 0.15) is 0 Å². The summed E-state index contributed by atoms with van der Waals surface area (Å²) in [6.07, 6.45) is 0. The third kappa shape index (κ3) is 2.58. The van der Waals surface area contributed by atoms with Crippen LogP contribution in [0.3, 0.4) is 0 Å². The minimum absolute atomic E-state index is 0. The van der Waals surface area contributed by atoms with E-state index in [0.717, 1.165) is 0 Å². The van der Waals surface area contributed by atoms with Crippen LogP contribution in [0.25, 0.3) is 0 Å². The summed E-state index contributed by atoms with van der Waals surface area (Å²) in [5.41, 5.74) is 2.95. The molecule has 2 heteroatoms. The molecule has 0 saturated heterocycles. The first-order valence-electron chi connectivity index (χ1n) is 5.34. The van der Waals surface area contributed by atoms with Gasteiger partial charge in [-0.25, -0.2) is 0 Å². The fourth-order valence-electron chi connectivity index (χ4n) is 2.42. The molecule has 0 amide bonds. The van der Waals surface area contributed by atoms with Gasteiger partial charge in [0, 0.05) is 6.04 Å². The summed E-state index contributed by atoms with van der Waals surface area (Å²) >= 11 is 0. The van der Waals surface area contributed by atoms with Crippen LogP contribution < -0.4 is 0 Å². The summed E-state index contributed by atoms with van der Waals surface area (Å²) in [5, 5.41) is 0. The third-order valence-corrected chi connectivity index (χ3v) is 3.85. The Labute approximate surface area is 125 Å². The Morgan fingerprint density at radius 1 is 1.19 bits per heavy atom. The van der Waals surface area contributed by atoms with E-state index in [-0.39, 0.29) is 40.1 Å². The second kappa shape index (κ2) is 6.28. The Kier molecular flexibility index (Phi) is 6.39. The molecule has 0 fully saturated rings. The minimum atomic E-state index is 0. The quantitative estimate of drug-likeness (QED) is 0.662. The summed E-state index contributed by atoms with van der Waals surface area (Å²) in [6, 6.07) is 10.7. The molecule has 1 heterocycles. The predicted molar refractivity (Wildman–Crippen MR) is 65.7 cm³/mol. The molecular formula is C14H21NY+. The Morgan fingerprint density at radius 3 is 2.44 bits per heavy atom. The van der Waals surface area contributed by atoms with Gasteiger partial charge in [0.15, 0.2) is 0 Å². The van der Waals surface area contributed by atoms with Gasteiger partial charge in [-0.15, -0.1) is 11.1 Å². The summed E-state index contributed by atoms with van der Waals surface area (Å²) < 4.78 is 0. The van der Waals surface area contributed by atoms with Crippen LogP contribution >= 0.6 is 0 Å². The zero-order chi connectivity index (χ0) is 10.3. The molecule has 0 aromatic heterocycles. The van der Waals surface area contributed by atoms with E-state index in [1.54, 1.807) is 0 Å². The number of fused-ring (bicyclic) bond motifs is 1. The second-order valence-corrected chi connectivity index (χ2v) is 4.43. The Bertz CT molecular complexity index is 304. The maximum absolute atomic E-state index is 3.18. The molecular weight excluding hydrogens is 271 g/mol. The Balaban J connectivity index is 0.00000112. The monoisotopic (exact) mass is 292 g/mol. The van der Waals surface area contributed by atoms with E-state index < -0.39 is 0 Å². The van der Waals surface area contributed by atoms with Crippen molar-refractivity contribution in [2.75, 3.05) is 7.05 Å². The molecule has 84 valence electrons. The fourth-order valence-corrected chi connectivity index (χ4v) is 2.42. The van der Waals surface area contributed by atoms with Crippen LogP contribution in [0.5, 0.6) is 0 Å². The number of nitrogens with zero attached hydrogens (tertiary/aromatic N) is 1. The van der Waals surface area contributed by atoms with Crippen molar-refractivity contribution < 1.29 is 32.7 Å². The molecule has 3 atom stereocenters. The van der Waals surface area contributed by atoms with Gasteiger partial charge in [0.2, 0.25) is 0 Å². The maximum Gasteiger partial charge on any atom is 3.00 e. The molecule has 1 aliphatic rings. The van der Waals surface area contributed by atoms with E-state index >= 15 is 0 Å². The second-order valence-electron chi connectivity index (χ2n) is 4.43. The molecule has 0 N–H and O–H groups in total. The van der Waals surface area contributed by atoms with Crippen molar-refractivity contribution in [1.82, 2.24) is 4.90 Å². The summed E-state index contributed by atoms with van der Waals surface area (Å²) in [6.45, 7) is 6.89. The van der Waals surface area contributed by atoms with Crippen LogP contribution in [0.2, 0.25) is 0 Å². The van der Waals surface area contributed by atoms with Gasteiger partial charge in [0.25, 0.3) is 0 Å². The van der Waals surface area contributed by atoms with Gasteiger partial charge in [0.05, 0.1) is 0 Å². The van der Waals surface area contributed by atoms with Crippen molar-refractivity contribution in [3.63, 3.8) is 0 Å². The molecule has 3 unspecified atom stereocenters. The first kappa shape index (κ1) is 16.3. The summed E-state index contributed by atoms with van der Waals surface area (Å²) in [7, 11) is 2.21. The van der Waals surface area contributed by atoms with Crippen LogP contribution in [0.4, 0.5) is 0 Å². The molecule has 1 aromatic rings. The van der Waals surface area contributed by atoms with Gasteiger partial charge >= 0.3 is 32.7 Å². The van der Waals surface area contributed by atoms with Crippen molar-refractivity contribution in [1.29, 1.82) is 0 Å². The molecule has 0 spiro atoms. The average molecular weight is 292 g/mol. The summed E-state index contributed by atoms with van der Waals surface area (Å²) in [4.78, 5) is 2.45. The van der Waals surface area contributed by atoms with E-state index in [9.17, 15) is 0 Å². The molecule has 16 heavy (non-hydrogen) atoms. The van der Waals surface area contributed by atoms with Gasteiger partial charge < -0.3 is 12.3 Å².